The molecule has 0 fully saturated rings. The Labute approximate surface area is 229 Å². The number of ether oxygens (including phenoxy) is 1. The van der Waals surface area contributed by atoms with Crippen molar-refractivity contribution in [3.63, 3.8) is 0 Å². The maximum absolute atomic E-state index is 11.7. The van der Waals surface area contributed by atoms with E-state index in [4.69, 9.17) is 26.3 Å². The van der Waals surface area contributed by atoms with Gasteiger partial charge in [-0.1, -0.05) is 55.8 Å². The maximum Gasteiger partial charge on any atom is 0.212 e. The van der Waals surface area contributed by atoms with Crippen LogP contribution >= 0.6 is 11.6 Å². The molecule has 2 heterocycles. The highest BCUT2D eigenvalue weighted by Gasteiger charge is 2.25. The molecule has 202 valence electrons. The fraction of sp³-hybridized carbons (Fsp3) is 0.379. The van der Waals surface area contributed by atoms with Gasteiger partial charge in [-0.05, 0) is 43.4 Å². The number of carbonyl (C=O) groups is 2. The molecule has 3 rings (SSSR count). The SMILES string of the molecule is C=CCCN(/C(=N/c1ccccc1C(C)C)c1cc(Cl)c(C2=CCCOC2)nc1NC=O)C(C)CNC=O. The average molecular weight is 538 g/mol. The summed E-state index contributed by atoms with van der Waals surface area (Å²) in [6, 6.07) is 9.62. The Morgan fingerprint density at radius 3 is 2.71 bits per heavy atom. The van der Waals surface area contributed by atoms with Gasteiger partial charge in [-0.2, -0.15) is 0 Å². The monoisotopic (exact) mass is 537 g/mol. The molecule has 9 heteroatoms. The van der Waals surface area contributed by atoms with Crippen molar-refractivity contribution < 1.29 is 14.3 Å². The largest absolute Gasteiger partial charge is 0.376 e. The van der Waals surface area contributed by atoms with E-state index in [-0.39, 0.29) is 12.0 Å². The van der Waals surface area contributed by atoms with Gasteiger partial charge in [-0.3, -0.25) is 9.59 Å². The summed E-state index contributed by atoms with van der Waals surface area (Å²) in [7, 11) is 0. The van der Waals surface area contributed by atoms with Crippen molar-refractivity contribution in [2.75, 3.05) is 31.6 Å². The molecule has 1 atom stereocenters. The number of nitrogens with one attached hydrogen (secondary N) is 2. The highest BCUT2D eigenvalue weighted by Crippen LogP contribution is 2.33. The van der Waals surface area contributed by atoms with E-state index in [0.29, 0.717) is 73.5 Å². The number of amidine groups is 1. The number of hydrogen-bond donors (Lipinski definition) is 2. The van der Waals surface area contributed by atoms with Gasteiger partial charge in [0.05, 0.1) is 35.2 Å². The highest BCUT2D eigenvalue weighted by atomic mass is 35.5. The number of halogens is 1. The molecule has 38 heavy (non-hydrogen) atoms. The number of carbonyl (C=O) groups excluding carboxylic acids is 2. The lowest BCUT2D eigenvalue weighted by Crippen LogP contribution is -2.45. The van der Waals surface area contributed by atoms with Crippen molar-refractivity contribution in [3.8, 4) is 0 Å². The molecule has 1 unspecified atom stereocenters. The number of aromatic nitrogens is 1. The van der Waals surface area contributed by atoms with Crippen LogP contribution in [0.2, 0.25) is 5.02 Å². The Morgan fingerprint density at radius 2 is 2.05 bits per heavy atom. The Kier molecular flexibility index (Phi) is 11.1. The summed E-state index contributed by atoms with van der Waals surface area (Å²) in [4.78, 5) is 34.8. The molecule has 1 aromatic carbocycles. The van der Waals surface area contributed by atoms with Gasteiger partial charge < -0.3 is 20.3 Å². The van der Waals surface area contributed by atoms with E-state index in [2.05, 4.69) is 48.1 Å². The fourth-order valence-electron chi connectivity index (χ4n) is 4.34. The molecule has 8 nitrogen and oxygen atoms in total. The Morgan fingerprint density at radius 1 is 1.26 bits per heavy atom. The molecule has 1 aromatic heterocycles. The fourth-order valence-corrected chi connectivity index (χ4v) is 4.61. The average Bonchev–Trinajstić information content (AvgIpc) is 2.93. The minimum Gasteiger partial charge on any atom is -0.376 e. The number of hydrogen-bond acceptors (Lipinski definition) is 5. The molecule has 2 amide bonds. The first-order valence-corrected chi connectivity index (χ1v) is 13.2. The van der Waals surface area contributed by atoms with E-state index in [1.807, 2.05) is 31.2 Å². The van der Waals surface area contributed by atoms with Crippen LogP contribution in [0.5, 0.6) is 0 Å². The summed E-state index contributed by atoms with van der Waals surface area (Å²) in [5, 5.41) is 5.96. The second-order valence-electron chi connectivity index (χ2n) is 9.34. The van der Waals surface area contributed by atoms with E-state index in [1.54, 1.807) is 6.07 Å². The van der Waals surface area contributed by atoms with Gasteiger partial charge in [0, 0.05) is 24.7 Å². The third-order valence-electron chi connectivity index (χ3n) is 6.29. The number of pyridine rings is 1. The first-order valence-electron chi connectivity index (χ1n) is 12.8. The number of nitrogens with zero attached hydrogens (tertiary/aromatic N) is 3. The van der Waals surface area contributed by atoms with Crippen LogP contribution in [0.25, 0.3) is 5.57 Å². The van der Waals surface area contributed by atoms with Gasteiger partial charge in [0.1, 0.15) is 11.7 Å². The number of benzene rings is 1. The Bertz CT molecular complexity index is 1190. The van der Waals surface area contributed by atoms with Crippen molar-refractivity contribution in [2.24, 2.45) is 4.99 Å². The van der Waals surface area contributed by atoms with Crippen molar-refractivity contribution >= 4 is 47.3 Å². The number of anilines is 1. The van der Waals surface area contributed by atoms with Crippen LogP contribution < -0.4 is 10.6 Å². The molecule has 0 bridgehead atoms. The van der Waals surface area contributed by atoms with E-state index in [0.717, 1.165) is 23.2 Å². The van der Waals surface area contributed by atoms with Crippen molar-refractivity contribution in [3.05, 3.63) is 70.9 Å². The molecule has 0 spiro atoms. The van der Waals surface area contributed by atoms with Crippen LogP contribution in [-0.4, -0.2) is 60.9 Å². The molecule has 2 N–H and O–H groups in total. The second kappa shape index (κ2) is 14.4. The molecule has 0 radical (unpaired) electrons. The summed E-state index contributed by atoms with van der Waals surface area (Å²) < 4.78 is 5.60. The van der Waals surface area contributed by atoms with Crippen LogP contribution in [-0.2, 0) is 14.3 Å². The summed E-state index contributed by atoms with van der Waals surface area (Å²) in [6.45, 7) is 12.1. The topological polar surface area (TPSA) is 95.9 Å². The van der Waals surface area contributed by atoms with Crippen LogP contribution in [0.3, 0.4) is 0 Å². The quantitative estimate of drug-likeness (QED) is 0.156. The summed E-state index contributed by atoms with van der Waals surface area (Å²) in [6.07, 6.45) is 6.61. The summed E-state index contributed by atoms with van der Waals surface area (Å²) in [5.41, 5.74) is 3.89. The van der Waals surface area contributed by atoms with Crippen LogP contribution in [0, 0.1) is 0 Å². The molecule has 2 aromatic rings. The summed E-state index contributed by atoms with van der Waals surface area (Å²) >= 11 is 6.81. The lowest BCUT2D eigenvalue weighted by atomic mass is 10.0. The van der Waals surface area contributed by atoms with Crippen molar-refractivity contribution in [2.45, 2.75) is 45.6 Å². The van der Waals surface area contributed by atoms with Crippen molar-refractivity contribution in [1.29, 1.82) is 0 Å². The number of rotatable bonds is 13. The van der Waals surface area contributed by atoms with Gasteiger partial charge in [0.25, 0.3) is 0 Å². The standard InChI is InChI=1S/C29H36ClN5O3/c1-5-6-13-35(21(4)16-31-18-36)29(33-26-12-8-7-11-23(26)20(2)3)24-15-25(30)27(34-28(24)32-19-37)22-10-9-14-38-17-22/h5,7-8,10-12,15,18-21H,1,6,9,13-14,16-17H2,2-4H3,(H,31,36)(H,32,34,37)/b33-29+. The molecule has 1 aliphatic rings. The zero-order chi connectivity index (χ0) is 27.5. The van der Waals surface area contributed by atoms with Crippen LogP contribution in [0.15, 0.2) is 54.1 Å². The van der Waals surface area contributed by atoms with Gasteiger partial charge in [0.15, 0.2) is 0 Å². The molecule has 0 aliphatic carbocycles. The molecular weight excluding hydrogens is 502 g/mol. The second-order valence-corrected chi connectivity index (χ2v) is 9.75. The molecule has 0 saturated heterocycles. The first kappa shape index (κ1) is 29.1. The number of amides is 2. The number of aliphatic imine (C=N–C) groups is 1. The molecule has 1 aliphatic heterocycles. The highest BCUT2D eigenvalue weighted by molar-refractivity contribution is 6.32. The van der Waals surface area contributed by atoms with E-state index in [9.17, 15) is 9.59 Å². The Balaban J connectivity index is 2.28. The lowest BCUT2D eigenvalue weighted by Gasteiger charge is -2.33. The summed E-state index contributed by atoms with van der Waals surface area (Å²) in [5.74, 6) is 1.16. The van der Waals surface area contributed by atoms with Gasteiger partial charge in [-0.25, -0.2) is 9.98 Å². The number of para-hydroxylation sites is 1. The molecular formula is C29H36ClN5O3. The van der Waals surface area contributed by atoms with E-state index in [1.165, 1.54) is 0 Å². The van der Waals surface area contributed by atoms with Crippen molar-refractivity contribution in [1.82, 2.24) is 15.2 Å². The first-order chi connectivity index (χ1) is 18.4. The van der Waals surface area contributed by atoms with Crippen LogP contribution in [0.4, 0.5) is 11.5 Å². The lowest BCUT2D eigenvalue weighted by molar-refractivity contribution is -0.109. The minimum absolute atomic E-state index is 0.137. The predicted octanol–water partition coefficient (Wildman–Crippen LogP) is 5.32. The van der Waals surface area contributed by atoms with E-state index < -0.39 is 0 Å². The Hall–Kier alpha value is -3.49. The van der Waals surface area contributed by atoms with Gasteiger partial charge in [0.2, 0.25) is 12.8 Å². The zero-order valence-electron chi connectivity index (χ0n) is 22.2. The van der Waals surface area contributed by atoms with Gasteiger partial charge >= 0.3 is 0 Å². The maximum atomic E-state index is 11.7. The zero-order valence-corrected chi connectivity index (χ0v) is 23.0. The van der Waals surface area contributed by atoms with Crippen LogP contribution in [0.1, 0.15) is 56.4 Å². The van der Waals surface area contributed by atoms with Gasteiger partial charge in [-0.15, -0.1) is 6.58 Å². The van der Waals surface area contributed by atoms with E-state index >= 15 is 0 Å². The third kappa shape index (κ3) is 7.30. The predicted molar refractivity (Wildman–Crippen MR) is 154 cm³/mol. The normalized spacial score (nSPS) is 14.4. The third-order valence-corrected chi connectivity index (χ3v) is 6.58. The molecule has 0 saturated carbocycles. The minimum atomic E-state index is -0.137. The smallest absolute Gasteiger partial charge is 0.212 e.